The number of hydrogen-bond acceptors (Lipinski definition) is 2. The zero-order valence-corrected chi connectivity index (χ0v) is 7.62. The second kappa shape index (κ2) is 4.41. The Bertz CT molecular complexity index is 186. The SMILES string of the molecule is CC(=O)C=CCC1CCC(N)C1. The van der Waals surface area contributed by atoms with Crippen LogP contribution >= 0.6 is 0 Å². The number of nitrogens with two attached hydrogens (primary N) is 1. The summed E-state index contributed by atoms with van der Waals surface area (Å²) in [6.07, 6.45) is 8.16. The molecule has 1 rings (SSSR count). The third kappa shape index (κ3) is 3.18. The number of rotatable bonds is 3. The molecule has 0 spiro atoms. The van der Waals surface area contributed by atoms with Gasteiger partial charge in [0.25, 0.3) is 0 Å². The first kappa shape index (κ1) is 9.46. The fraction of sp³-hybridized carbons (Fsp3) is 0.700. The van der Waals surface area contributed by atoms with Gasteiger partial charge in [-0.1, -0.05) is 6.08 Å². The molecule has 2 unspecified atom stereocenters. The molecule has 12 heavy (non-hydrogen) atoms. The molecule has 2 nitrogen and oxygen atoms in total. The summed E-state index contributed by atoms with van der Waals surface area (Å²) < 4.78 is 0. The molecule has 2 N–H and O–H groups in total. The van der Waals surface area contributed by atoms with E-state index in [2.05, 4.69) is 0 Å². The first-order valence-electron chi connectivity index (χ1n) is 4.61. The highest BCUT2D eigenvalue weighted by Crippen LogP contribution is 2.26. The molecule has 0 aliphatic heterocycles. The normalized spacial score (nSPS) is 29.8. The molecular weight excluding hydrogens is 150 g/mol. The second-order valence-corrected chi connectivity index (χ2v) is 3.69. The van der Waals surface area contributed by atoms with Crippen LogP contribution in [0.25, 0.3) is 0 Å². The summed E-state index contributed by atoms with van der Waals surface area (Å²) in [5.41, 5.74) is 5.77. The van der Waals surface area contributed by atoms with Crippen molar-refractivity contribution in [2.24, 2.45) is 11.7 Å². The van der Waals surface area contributed by atoms with Crippen LogP contribution in [0.15, 0.2) is 12.2 Å². The molecule has 0 heterocycles. The van der Waals surface area contributed by atoms with Gasteiger partial charge in [0.1, 0.15) is 0 Å². The van der Waals surface area contributed by atoms with Crippen LogP contribution in [0.4, 0.5) is 0 Å². The Labute approximate surface area is 73.8 Å². The number of allylic oxidation sites excluding steroid dienone is 2. The van der Waals surface area contributed by atoms with E-state index in [1.54, 1.807) is 13.0 Å². The number of hydrogen-bond donors (Lipinski definition) is 1. The van der Waals surface area contributed by atoms with E-state index in [0.29, 0.717) is 6.04 Å². The number of carbonyl (C=O) groups is 1. The van der Waals surface area contributed by atoms with Crippen molar-refractivity contribution in [3.63, 3.8) is 0 Å². The van der Waals surface area contributed by atoms with Gasteiger partial charge >= 0.3 is 0 Å². The molecule has 1 aliphatic carbocycles. The predicted octanol–water partition coefficient (Wildman–Crippen LogP) is 1.65. The minimum atomic E-state index is 0.136. The Hall–Kier alpha value is -0.630. The summed E-state index contributed by atoms with van der Waals surface area (Å²) in [4.78, 5) is 10.6. The van der Waals surface area contributed by atoms with Crippen LogP contribution in [0.5, 0.6) is 0 Å². The molecule has 0 aromatic carbocycles. The van der Waals surface area contributed by atoms with Crippen LogP contribution in [0.1, 0.15) is 32.6 Å². The van der Waals surface area contributed by atoms with E-state index in [-0.39, 0.29) is 5.78 Å². The van der Waals surface area contributed by atoms with Crippen LogP contribution in [0, 0.1) is 5.92 Å². The lowest BCUT2D eigenvalue weighted by atomic mass is 10.0. The molecule has 0 bridgehead atoms. The van der Waals surface area contributed by atoms with Gasteiger partial charge in [-0.25, -0.2) is 0 Å². The molecule has 0 aromatic heterocycles. The molecule has 1 saturated carbocycles. The van der Waals surface area contributed by atoms with Gasteiger partial charge in [0.05, 0.1) is 0 Å². The van der Waals surface area contributed by atoms with Gasteiger partial charge in [-0.05, 0) is 44.6 Å². The molecule has 0 radical (unpaired) electrons. The highest BCUT2D eigenvalue weighted by Gasteiger charge is 2.19. The van der Waals surface area contributed by atoms with Crippen LogP contribution in [-0.2, 0) is 4.79 Å². The Kier molecular flexibility index (Phi) is 3.48. The van der Waals surface area contributed by atoms with Crippen molar-refractivity contribution in [2.75, 3.05) is 0 Å². The standard InChI is InChI=1S/C10H17NO/c1-8(12)3-2-4-9-5-6-10(11)7-9/h2-3,9-10H,4-7,11H2,1H3. The quantitative estimate of drug-likeness (QED) is 0.649. The monoisotopic (exact) mass is 167 g/mol. The Morgan fingerprint density at radius 2 is 2.33 bits per heavy atom. The summed E-state index contributed by atoms with van der Waals surface area (Å²) in [6.45, 7) is 1.58. The third-order valence-corrected chi connectivity index (χ3v) is 2.40. The van der Waals surface area contributed by atoms with E-state index in [9.17, 15) is 4.79 Å². The van der Waals surface area contributed by atoms with E-state index < -0.39 is 0 Å². The van der Waals surface area contributed by atoms with Crippen LogP contribution in [0.3, 0.4) is 0 Å². The van der Waals surface area contributed by atoms with Gasteiger partial charge < -0.3 is 5.73 Å². The zero-order chi connectivity index (χ0) is 8.97. The number of carbonyl (C=O) groups excluding carboxylic acids is 1. The third-order valence-electron chi connectivity index (χ3n) is 2.40. The van der Waals surface area contributed by atoms with Gasteiger partial charge in [-0.2, -0.15) is 0 Å². The van der Waals surface area contributed by atoms with Crippen LogP contribution < -0.4 is 5.73 Å². The van der Waals surface area contributed by atoms with Crippen molar-refractivity contribution in [1.82, 2.24) is 0 Å². The fourth-order valence-electron chi connectivity index (χ4n) is 1.75. The topological polar surface area (TPSA) is 43.1 Å². The van der Waals surface area contributed by atoms with E-state index >= 15 is 0 Å². The highest BCUT2D eigenvalue weighted by atomic mass is 16.1. The van der Waals surface area contributed by atoms with E-state index in [0.717, 1.165) is 25.2 Å². The summed E-state index contributed by atoms with van der Waals surface area (Å²) in [7, 11) is 0. The van der Waals surface area contributed by atoms with E-state index in [4.69, 9.17) is 5.73 Å². The first-order valence-corrected chi connectivity index (χ1v) is 4.61. The molecule has 2 heteroatoms. The van der Waals surface area contributed by atoms with Crippen molar-refractivity contribution in [2.45, 2.75) is 38.6 Å². The average molecular weight is 167 g/mol. The van der Waals surface area contributed by atoms with E-state index in [1.807, 2.05) is 6.08 Å². The summed E-state index contributed by atoms with van der Waals surface area (Å²) in [6, 6.07) is 0.403. The largest absolute Gasteiger partial charge is 0.328 e. The fourth-order valence-corrected chi connectivity index (χ4v) is 1.75. The van der Waals surface area contributed by atoms with Gasteiger partial charge in [0.15, 0.2) is 5.78 Å². The molecule has 68 valence electrons. The highest BCUT2D eigenvalue weighted by molar-refractivity contribution is 5.87. The van der Waals surface area contributed by atoms with Gasteiger partial charge in [0.2, 0.25) is 0 Å². The molecule has 0 aromatic rings. The molecule has 0 saturated heterocycles. The van der Waals surface area contributed by atoms with E-state index in [1.165, 1.54) is 6.42 Å². The predicted molar refractivity (Wildman–Crippen MR) is 49.8 cm³/mol. The second-order valence-electron chi connectivity index (χ2n) is 3.69. The minimum absolute atomic E-state index is 0.136. The van der Waals surface area contributed by atoms with Crippen LogP contribution in [-0.4, -0.2) is 11.8 Å². The summed E-state index contributed by atoms with van der Waals surface area (Å²) >= 11 is 0. The van der Waals surface area contributed by atoms with Crippen molar-refractivity contribution in [1.29, 1.82) is 0 Å². The zero-order valence-electron chi connectivity index (χ0n) is 7.62. The van der Waals surface area contributed by atoms with Crippen molar-refractivity contribution < 1.29 is 4.79 Å². The smallest absolute Gasteiger partial charge is 0.152 e. The molecule has 1 aliphatic rings. The lowest BCUT2D eigenvalue weighted by Crippen LogP contribution is -2.14. The maximum absolute atomic E-state index is 10.6. The maximum Gasteiger partial charge on any atom is 0.152 e. The molecule has 0 amide bonds. The van der Waals surface area contributed by atoms with Gasteiger partial charge in [0, 0.05) is 6.04 Å². The Morgan fingerprint density at radius 3 is 2.83 bits per heavy atom. The Morgan fingerprint density at radius 1 is 1.58 bits per heavy atom. The Balaban J connectivity index is 2.20. The van der Waals surface area contributed by atoms with Gasteiger partial charge in [-0.15, -0.1) is 0 Å². The van der Waals surface area contributed by atoms with Crippen LogP contribution in [0.2, 0.25) is 0 Å². The summed E-state index contributed by atoms with van der Waals surface area (Å²) in [5.74, 6) is 0.855. The van der Waals surface area contributed by atoms with Crippen molar-refractivity contribution in [3.8, 4) is 0 Å². The minimum Gasteiger partial charge on any atom is -0.328 e. The molecule has 1 fully saturated rings. The van der Waals surface area contributed by atoms with Crippen molar-refractivity contribution in [3.05, 3.63) is 12.2 Å². The van der Waals surface area contributed by atoms with Gasteiger partial charge in [-0.3, -0.25) is 4.79 Å². The lowest BCUT2D eigenvalue weighted by molar-refractivity contribution is -0.112. The summed E-state index contributed by atoms with van der Waals surface area (Å²) in [5, 5.41) is 0. The maximum atomic E-state index is 10.6. The first-order chi connectivity index (χ1) is 5.68. The molecule has 2 atom stereocenters. The lowest BCUT2D eigenvalue weighted by Gasteiger charge is -2.03. The molecular formula is C10H17NO. The average Bonchev–Trinajstić information content (AvgIpc) is 2.35. The van der Waals surface area contributed by atoms with Crippen molar-refractivity contribution >= 4 is 5.78 Å². The number of ketones is 1.